The Morgan fingerprint density at radius 1 is 1.08 bits per heavy atom. The molecule has 0 saturated carbocycles. The van der Waals surface area contributed by atoms with Gasteiger partial charge in [-0.3, -0.25) is 9.59 Å². The second-order valence-electron chi connectivity index (χ2n) is 7.50. The van der Waals surface area contributed by atoms with Gasteiger partial charge in [0.05, 0.1) is 4.90 Å². The van der Waals surface area contributed by atoms with Crippen molar-refractivity contribution >= 4 is 21.8 Å². The van der Waals surface area contributed by atoms with Gasteiger partial charge < -0.3 is 4.90 Å². The van der Waals surface area contributed by atoms with Crippen LogP contribution in [0, 0.1) is 19.8 Å². The van der Waals surface area contributed by atoms with Crippen LogP contribution in [0.5, 0.6) is 0 Å². The van der Waals surface area contributed by atoms with Crippen molar-refractivity contribution in [2.75, 3.05) is 13.1 Å². The van der Waals surface area contributed by atoms with E-state index in [9.17, 15) is 18.0 Å². The number of nitrogens with zero attached hydrogens (tertiary/aromatic N) is 2. The van der Waals surface area contributed by atoms with E-state index in [1.165, 1.54) is 6.07 Å². The van der Waals surface area contributed by atoms with Crippen molar-refractivity contribution in [1.29, 1.82) is 0 Å². The second-order valence-corrected chi connectivity index (χ2v) is 9.32. The van der Waals surface area contributed by atoms with Crippen molar-refractivity contribution in [3.63, 3.8) is 0 Å². The van der Waals surface area contributed by atoms with E-state index in [1.54, 1.807) is 17.0 Å². The van der Waals surface area contributed by atoms with Gasteiger partial charge in [-0.1, -0.05) is 13.0 Å². The van der Waals surface area contributed by atoms with Crippen molar-refractivity contribution < 1.29 is 18.0 Å². The first-order chi connectivity index (χ1) is 12.2. The molecule has 2 fully saturated rings. The number of amides is 2. The van der Waals surface area contributed by atoms with Gasteiger partial charge in [0.15, 0.2) is 0 Å². The third-order valence-electron chi connectivity index (χ3n) is 5.58. The highest BCUT2D eigenvalue weighted by molar-refractivity contribution is 7.89. The van der Waals surface area contributed by atoms with Crippen LogP contribution >= 0.6 is 0 Å². The minimum Gasteiger partial charge on any atom is -0.341 e. The van der Waals surface area contributed by atoms with Gasteiger partial charge in [-0.2, -0.15) is 0 Å². The summed E-state index contributed by atoms with van der Waals surface area (Å²) < 4.78 is 27.0. The summed E-state index contributed by atoms with van der Waals surface area (Å²) in [6.07, 6.45) is 2.17. The van der Waals surface area contributed by atoms with Gasteiger partial charge in [0.1, 0.15) is 6.04 Å². The molecule has 0 spiro atoms. The van der Waals surface area contributed by atoms with Crippen LogP contribution in [-0.4, -0.2) is 48.6 Å². The molecule has 0 unspecified atom stereocenters. The molecule has 1 aromatic carbocycles. The summed E-state index contributed by atoms with van der Waals surface area (Å²) in [5.41, 5.74) is 1.82. The summed E-state index contributed by atoms with van der Waals surface area (Å²) in [7, 11) is -4.03. The highest BCUT2D eigenvalue weighted by Gasteiger charge is 2.45. The first-order valence-electron chi connectivity index (χ1n) is 9.15. The van der Waals surface area contributed by atoms with Crippen molar-refractivity contribution in [3.8, 4) is 0 Å². The zero-order chi connectivity index (χ0) is 19.1. The monoisotopic (exact) mass is 378 g/mol. The Morgan fingerprint density at radius 3 is 2.35 bits per heavy atom. The lowest BCUT2D eigenvalue weighted by molar-refractivity contribution is -0.138. The van der Waals surface area contributed by atoms with Crippen LogP contribution in [0.2, 0.25) is 0 Å². The fourth-order valence-electron chi connectivity index (χ4n) is 3.61. The van der Waals surface area contributed by atoms with Gasteiger partial charge in [-0.25, -0.2) is 12.7 Å². The number of carbonyl (C=O) groups is 2. The maximum absolute atomic E-state index is 13.1. The third kappa shape index (κ3) is 3.37. The maximum Gasteiger partial charge on any atom is 0.267 e. The van der Waals surface area contributed by atoms with Crippen molar-refractivity contribution in [1.82, 2.24) is 9.21 Å². The molecule has 7 heteroatoms. The largest absolute Gasteiger partial charge is 0.341 e. The first-order valence-corrected chi connectivity index (χ1v) is 10.6. The van der Waals surface area contributed by atoms with Crippen LogP contribution in [0.25, 0.3) is 0 Å². The van der Waals surface area contributed by atoms with Crippen LogP contribution in [0.4, 0.5) is 0 Å². The highest BCUT2D eigenvalue weighted by Crippen LogP contribution is 2.30. The fourth-order valence-corrected chi connectivity index (χ4v) is 5.30. The minimum absolute atomic E-state index is 0.0703. The van der Waals surface area contributed by atoms with E-state index in [0.717, 1.165) is 28.3 Å². The molecule has 2 amide bonds. The SMILES string of the molecule is Cc1ccc(S(=O)(=O)N2C(=O)CC[C@@H]2C(=O)N2CCC(C)CC2)cc1C. The van der Waals surface area contributed by atoms with E-state index >= 15 is 0 Å². The van der Waals surface area contributed by atoms with E-state index < -0.39 is 22.0 Å². The summed E-state index contributed by atoms with van der Waals surface area (Å²) in [4.78, 5) is 27.1. The number of benzene rings is 1. The first kappa shape index (κ1) is 18.9. The van der Waals surface area contributed by atoms with Crippen molar-refractivity contribution in [3.05, 3.63) is 29.3 Å². The van der Waals surface area contributed by atoms with E-state index in [4.69, 9.17) is 0 Å². The Morgan fingerprint density at radius 2 is 1.73 bits per heavy atom. The molecule has 0 aliphatic carbocycles. The van der Waals surface area contributed by atoms with E-state index in [1.807, 2.05) is 13.8 Å². The number of likely N-dealkylation sites (tertiary alicyclic amines) is 1. The highest BCUT2D eigenvalue weighted by atomic mass is 32.2. The summed E-state index contributed by atoms with van der Waals surface area (Å²) in [5.74, 6) is -0.165. The molecule has 2 saturated heterocycles. The Hall–Kier alpha value is -1.89. The number of rotatable bonds is 3. The summed E-state index contributed by atoms with van der Waals surface area (Å²) in [6, 6.07) is 3.89. The third-order valence-corrected chi connectivity index (χ3v) is 7.40. The summed E-state index contributed by atoms with van der Waals surface area (Å²) >= 11 is 0. The number of sulfonamides is 1. The number of hydrogen-bond acceptors (Lipinski definition) is 4. The van der Waals surface area contributed by atoms with Crippen LogP contribution in [0.15, 0.2) is 23.1 Å². The van der Waals surface area contributed by atoms with E-state index in [2.05, 4.69) is 6.92 Å². The zero-order valence-electron chi connectivity index (χ0n) is 15.6. The molecule has 26 heavy (non-hydrogen) atoms. The molecule has 2 aliphatic rings. The van der Waals surface area contributed by atoms with E-state index in [0.29, 0.717) is 19.0 Å². The van der Waals surface area contributed by atoms with Crippen molar-refractivity contribution in [2.45, 2.75) is 57.4 Å². The Balaban J connectivity index is 1.89. The van der Waals surface area contributed by atoms with E-state index in [-0.39, 0.29) is 23.6 Å². The van der Waals surface area contributed by atoms with Crippen LogP contribution in [-0.2, 0) is 19.6 Å². The van der Waals surface area contributed by atoms with Gasteiger partial charge in [-0.15, -0.1) is 0 Å². The molecule has 0 bridgehead atoms. The molecule has 1 aromatic rings. The molecule has 142 valence electrons. The molecule has 6 nitrogen and oxygen atoms in total. The predicted molar refractivity (Wildman–Crippen MR) is 97.9 cm³/mol. The van der Waals surface area contributed by atoms with Crippen LogP contribution < -0.4 is 0 Å². The molecule has 2 heterocycles. The van der Waals surface area contributed by atoms with Crippen LogP contribution in [0.3, 0.4) is 0 Å². The van der Waals surface area contributed by atoms with Gasteiger partial charge in [0, 0.05) is 19.5 Å². The quantitative estimate of drug-likeness (QED) is 0.808. The molecule has 0 aromatic heterocycles. The van der Waals surface area contributed by atoms with Gasteiger partial charge in [0.2, 0.25) is 11.8 Å². The van der Waals surface area contributed by atoms with Gasteiger partial charge in [0.25, 0.3) is 10.0 Å². The normalized spacial score (nSPS) is 22.1. The lowest BCUT2D eigenvalue weighted by atomic mass is 9.98. The van der Waals surface area contributed by atoms with Crippen LogP contribution in [0.1, 0.15) is 43.7 Å². The Bertz CT molecular complexity index is 826. The smallest absolute Gasteiger partial charge is 0.267 e. The predicted octanol–water partition coefficient (Wildman–Crippen LogP) is 2.24. The second kappa shape index (κ2) is 7.02. The molecule has 1 atom stereocenters. The lowest BCUT2D eigenvalue weighted by Gasteiger charge is -2.34. The minimum atomic E-state index is -4.03. The number of aryl methyl sites for hydroxylation is 2. The average Bonchev–Trinajstić information content (AvgIpc) is 2.99. The molecule has 3 rings (SSSR count). The number of carbonyl (C=O) groups excluding carboxylic acids is 2. The summed E-state index contributed by atoms with van der Waals surface area (Å²) in [5, 5.41) is 0. The summed E-state index contributed by atoms with van der Waals surface area (Å²) in [6.45, 7) is 7.13. The Kier molecular flexibility index (Phi) is 5.10. The molecule has 2 aliphatic heterocycles. The number of hydrogen-bond donors (Lipinski definition) is 0. The maximum atomic E-state index is 13.1. The fraction of sp³-hybridized carbons (Fsp3) is 0.579. The standard InChI is InChI=1S/C19H26N2O4S/c1-13-8-10-20(11-9-13)19(23)17-6-7-18(22)21(17)26(24,25)16-5-4-14(2)15(3)12-16/h4-5,12-13,17H,6-11H2,1-3H3/t17-/m1/s1. The van der Waals surface area contributed by atoms with Gasteiger partial charge >= 0.3 is 0 Å². The molecule has 0 radical (unpaired) electrons. The van der Waals surface area contributed by atoms with Gasteiger partial charge in [-0.05, 0) is 62.3 Å². The molecular formula is C19H26N2O4S. The average molecular weight is 378 g/mol. The Labute approximate surface area is 155 Å². The zero-order valence-corrected chi connectivity index (χ0v) is 16.4. The lowest BCUT2D eigenvalue weighted by Crippen LogP contribution is -2.50. The van der Waals surface area contributed by atoms with Crippen molar-refractivity contribution in [2.24, 2.45) is 5.92 Å². The molecule has 0 N–H and O–H groups in total. The molecular weight excluding hydrogens is 352 g/mol. The topological polar surface area (TPSA) is 74.8 Å². The number of piperidine rings is 1.